The molecule has 136 valence electrons. The number of carbonyl (C=O) groups excluding carboxylic acids is 1. The number of aromatic amines is 1. The SMILES string of the molecule is C=C/C=C(\C=C/C)C(=O)/C=C/c1cc(-c2ccc(OC)cc2)n[nH]1.CC. The Bertz CT molecular complexity index is 794. The molecule has 1 N–H and O–H groups in total. The Morgan fingerprint density at radius 2 is 1.88 bits per heavy atom. The van der Waals surface area contributed by atoms with Crippen molar-refractivity contribution in [2.45, 2.75) is 20.8 Å². The average Bonchev–Trinajstić information content (AvgIpc) is 3.16. The number of nitrogens with zero attached hydrogens (tertiary/aromatic N) is 1. The van der Waals surface area contributed by atoms with Gasteiger partial charge in [-0.25, -0.2) is 0 Å². The fourth-order valence-electron chi connectivity index (χ4n) is 2.12. The van der Waals surface area contributed by atoms with Gasteiger partial charge in [0.15, 0.2) is 5.78 Å². The number of carbonyl (C=O) groups is 1. The summed E-state index contributed by atoms with van der Waals surface area (Å²) in [7, 11) is 1.63. The Morgan fingerprint density at radius 3 is 2.46 bits per heavy atom. The number of allylic oxidation sites excluding steroid dienone is 6. The molecule has 26 heavy (non-hydrogen) atoms. The number of H-pyrrole nitrogens is 1. The second kappa shape index (κ2) is 11.4. The van der Waals surface area contributed by atoms with Crippen LogP contribution in [0.15, 0.2) is 72.9 Å². The lowest BCUT2D eigenvalue weighted by atomic mass is 10.1. The van der Waals surface area contributed by atoms with Crippen molar-refractivity contribution in [1.29, 1.82) is 0 Å². The van der Waals surface area contributed by atoms with Gasteiger partial charge < -0.3 is 4.74 Å². The van der Waals surface area contributed by atoms with E-state index in [4.69, 9.17) is 4.74 Å². The van der Waals surface area contributed by atoms with E-state index in [0.29, 0.717) is 5.57 Å². The normalized spacial score (nSPS) is 11.3. The monoisotopic (exact) mass is 350 g/mol. The number of ether oxygens (including phenoxy) is 1. The Kier molecular flexibility index (Phi) is 9.18. The van der Waals surface area contributed by atoms with Gasteiger partial charge in [0, 0.05) is 11.1 Å². The molecule has 1 aromatic carbocycles. The molecule has 2 aromatic rings. The van der Waals surface area contributed by atoms with Crippen LogP contribution < -0.4 is 4.74 Å². The van der Waals surface area contributed by atoms with Crippen LogP contribution in [0, 0.1) is 0 Å². The Hall–Kier alpha value is -3.14. The third-order valence-electron chi connectivity index (χ3n) is 3.33. The van der Waals surface area contributed by atoms with Gasteiger partial charge in [-0.2, -0.15) is 5.10 Å². The summed E-state index contributed by atoms with van der Waals surface area (Å²) in [4.78, 5) is 12.1. The van der Waals surface area contributed by atoms with E-state index in [-0.39, 0.29) is 5.78 Å². The van der Waals surface area contributed by atoms with E-state index in [1.807, 2.05) is 57.2 Å². The van der Waals surface area contributed by atoms with Crippen molar-refractivity contribution >= 4 is 11.9 Å². The predicted molar refractivity (Wildman–Crippen MR) is 109 cm³/mol. The molecule has 0 saturated carbocycles. The first-order valence-electron chi connectivity index (χ1n) is 8.55. The molecule has 0 fully saturated rings. The standard InChI is InChI=1S/C20H20N2O2.C2H6/c1-4-6-16(7-5-2)20(23)13-10-17-14-19(22-21-17)15-8-11-18(24-3)12-9-15;1-2/h4-14H,1H2,2-3H3,(H,21,22);1-2H3/b7-5-,13-10+,16-6+;. The van der Waals surface area contributed by atoms with Crippen LogP contribution in [0.3, 0.4) is 0 Å². The first-order valence-corrected chi connectivity index (χ1v) is 8.55. The molecule has 0 aliphatic carbocycles. The molecule has 1 heterocycles. The maximum atomic E-state index is 12.1. The predicted octanol–water partition coefficient (Wildman–Crippen LogP) is 5.38. The molecule has 0 radical (unpaired) electrons. The lowest BCUT2D eigenvalue weighted by molar-refractivity contribution is -0.111. The van der Waals surface area contributed by atoms with Crippen molar-refractivity contribution in [1.82, 2.24) is 10.2 Å². The molecule has 0 bridgehead atoms. The second-order valence-corrected chi connectivity index (χ2v) is 4.99. The summed E-state index contributed by atoms with van der Waals surface area (Å²) in [5, 5.41) is 7.18. The highest BCUT2D eigenvalue weighted by atomic mass is 16.5. The Balaban J connectivity index is 0.00000163. The van der Waals surface area contributed by atoms with E-state index in [0.717, 1.165) is 22.7 Å². The Labute approximate surface area is 155 Å². The van der Waals surface area contributed by atoms with E-state index in [1.54, 1.807) is 31.4 Å². The van der Waals surface area contributed by atoms with E-state index in [2.05, 4.69) is 16.8 Å². The van der Waals surface area contributed by atoms with Gasteiger partial charge in [0.2, 0.25) is 0 Å². The molecule has 0 amide bonds. The number of hydrogen-bond acceptors (Lipinski definition) is 3. The number of aromatic nitrogens is 2. The first kappa shape index (κ1) is 20.9. The van der Waals surface area contributed by atoms with Gasteiger partial charge in [-0.3, -0.25) is 9.89 Å². The molecule has 0 saturated heterocycles. The number of nitrogens with one attached hydrogen (secondary N) is 1. The van der Waals surface area contributed by atoms with Crippen molar-refractivity contribution in [2.24, 2.45) is 0 Å². The van der Waals surface area contributed by atoms with Crippen LogP contribution in [-0.2, 0) is 4.79 Å². The summed E-state index contributed by atoms with van der Waals surface area (Å²) in [6.45, 7) is 9.49. The van der Waals surface area contributed by atoms with Crippen LogP contribution in [0.2, 0.25) is 0 Å². The minimum Gasteiger partial charge on any atom is -0.497 e. The molecular formula is C22H26N2O2. The number of methoxy groups -OCH3 is 1. The van der Waals surface area contributed by atoms with Crippen LogP contribution in [0.4, 0.5) is 0 Å². The quantitative estimate of drug-likeness (QED) is 0.538. The maximum Gasteiger partial charge on any atom is 0.185 e. The van der Waals surface area contributed by atoms with E-state index < -0.39 is 0 Å². The van der Waals surface area contributed by atoms with Crippen LogP contribution in [0.1, 0.15) is 26.5 Å². The molecule has 0 aliphatic rings. The van der Waals surface area contributed by atoms with Crippen molar-refractivity contribution < 1.29 is 9.53 Å². The lowest BCUT2D eigenvalue weighted by Crippen LogP contribution is -1.95. The van der Waals surface area contributed by atoms with Crippen molar-refractivity contribution in [3.05, 3.63) is 78.6 Å². The third kappa shape index (κ3) is 6.06. The summed E-state index contributed by atoms with van der Waals surface area (Å²) >= 11 is 0. The lowest BCUT2D eigenvalue weighted by Gasteiger charge is -1.99. The number of benzene rings is 1. The van der Waals surface area contributed by atoms with Gasteiger partial charge in [-0.1, -0.05) is 44.7 Å². The molecule has 0 unspecified atom stereocenters. The number of rotatable bonds is 7. The van der Waals surface area contributed by atoms with Gasteiger partial charge in [-0.15, -0.1) is 0 Å². The summed E-state index contributed by atoms with van der Waals surface area (Å²) in [5.41, 5.74) is 3.12. The van der Waals surface area contributed by atoms with Gasteiger partial charge in [-0.05, 0) is 49.4 Å². The summed E-state index contributed by atoms with van der Waals surface area (Å²) < 4.78 is 5.14. The Morgan fingerprint density at radius 1 is 1.19 bits per heavy atom. The zero-order valence-corrected chi connectivity index (χ0v) is 15.8. The molecule has 2 rings (SSSR count). The van der Waals surface area contributed by atoms with Gasteiger partial charge in [0.05, 0.1) is 18.5 Å². The van der Waals surface area contributed by atoms with Crippen LogP contribution >= 0.6 is 0 Å². The molecule has 0 atom stereocenters. The van der Waals surface area contributed by atoms with Crippen molar-refractivity contribution in [3.8, 4) is 17.0 Å². The first-order chi connectivity index (χ1) is 12.7. The number of ketones is 1. The molecule has 0 aliphatic heterocycles. The minimum absolute atomic E-state index is 0.0893. The van der Waals surface area contributed by atoms with E-state index in [9.17, 15) is 4.79 Å². The van der Waals surface area contributed by atoms with Gasteiger partial charge in [0.1, 0.15) is 5.75 Å². The van der Waals surface area contributed by atoms with Gasteiger partial charge in [0.25, 0.3) is 0 Å². The fraction of sp³-hybridized carbons (Fsp3) is 0.182. The molecule has 0 spiro atoms. The van der Waals surface area contributed by atoms with Crippen molar-refractivity contribution in [2.75, 3.05) is 7.11 Å². The highest BCUT2D eigenvalue weighted by molar-refractivity contribution is 6.08. The molecular weight excluding hydrogens is 324 g/mol. The van der Waals surface area contributed by atoms with Crippen LogP contribution in [-0.4, -0.2) is 23.1 Å². The minimum atomic E-state index is -0.0893. The van der Waals surface area contributed by atoms with Gasteiger partial charge >= 0.3 is 0 Å². The zero-order valence-electron chi connectivity index (χ0n) is 15.8. The number of hydrogen-bond donors (Lipinski definition) is 1. The van der Waals surface area contributed by atoms with Crippen LogP contribution in [0.5, 0.6) is 5.75 Å². The summed E-state index contributed by atoms with van der Waals surface area (Å²) in [5.74, 6) is 0.708. The van der Waals surface area contributed by atoms with Crippen LogP contribution in [0.25, 0.3) is 17.3 Å². The summed E-state index contributed by atoms with van der Waals surface area (Å²) in [6.07, 6.45) is 10.1. The molecule has 4 heteroatoms. The second-order valence-electron chi connectivity index (χ2n) is 4.99. The maximum absolute atomic E-state index is 12.1. The largest absolute Gasteiger partial charge is 0.497 e. The smallest absolute Gasteiger partial charge is 0.185 e. The topological polar surface area (TPSA) is 55.0 Å². The van der Waals surface area contributed by atoms with E-state index >= 15 is 0 Å². The highest BCUT2D eigenvalue weighted by Crippen LogP contribution is 2.21. The van der Waals surface area contributed by atoms with Crippen molar-refractivity contribution in [3.63, 3.8) is 0 Å². The summed E-state index contributed by atoms with van der Waals surface area (Å²) in [6, 6.07) is 9.52. The fourth-order valence-corrected chi connectivity index (χ4v) is 2.12. The third-order valence-corrected chi connectivity index (χ3v) is 3.33. The zero-order chi connectivity index (χ0) is 19.4. The molecule has 1 aromatic heterocycles. The highest BCUT2D eigenvalue weighted by Gasteiger charge is 2.04. The molecule has 4 nitrogen and oxygen atoms in total. The average molecular weight is 350 g/mol. The van der Waals surface area contributed by atoms with E-state index in [1.165, 1.54) is 6.08 Å².